The Hall–Kier alpha value is -0.510. The molecule has 0 aromatic carbocycles. The van der Waals surface area contributed by atoms with Gasteiger partial charge in [-0.05, 0) is 26.0 Å². The van der Waals surface area contributed by atoms with E-state index in [1.54, 1.807) is 0 Å². The summed E-state index contributed by atoms with van der Waals surface area (Å²) in [6, 6.07) is 3.85. The Morgan fingerprint density at radius 1 is 1.40 bits per heavy atom. The van der Waals surface area contributed by atoms with Crippen LogP contribution in [0.25, 0.3) is 10.6 Å². The molecule has 2 aromatic heterocycles. The van der Waals surface area contributed by atoms with Gasteiger partial charge in [-0.25, -0.2) is 0 Å². The molecule has 2 nitrogen and oxygen atoms in total. The van der Waals surface area contributed by atoms with Crippen LogP contribution in [0.15, 0.2) is 12.1 Å². The molecule has 80 valence electrons. The summed E-state index contributed by atoms with van der Waals surface area (Å²) < 4.78 is 2.67. The summed E-state index contributed by atoms with van der Waals surface area (Å²) in [5.41, 5.74) is 1.83. The van der Waals surface area contributed by atoms with E-state index in [1.807, 2.05) is 30.7 Å². The second kappa shape index (κ2) is 4.16. The SMILES string of the molecule is CCn1nc(C)c(Cl)c1-c1ccc(Cl)s1. The van der Waals surface area contributed by atoms with Crippen molar-refractivity contribution >= 4 is 34.5 Å². The lowest BCUT2D eigenvalue weighted by Crippen LogP contribution is -1.98. The van der Waals surface area contributed by atoms with Crippen LogP contribution < -0.4 is 0 Å². The Morgan fingerprint density at radius 2 is 2.13 bits per heavy atom. The molecule has 0 saturated carbocycles. The summed E-state index contributed by atoms with van der Waals surface area (Å²) in [5, 5.41) is 5.08. The van der Waals surface area contributed by atoms with Crippen LogP contribution in [0, 0.1) is 6.92 Å². The fourth-order valence-electron chi connectivity index (χ4n) is 1.47. The summed E-state index contributed by atoms with van der Waals surface area (Å²) in [4.78, 5) is 1.06. The van der Waals surface area contributed by atoms with Gasteiger partial charge in [0.05, 0.1) is 25.6 Å². The number of hydrogen-bond donors (Lipinski definition) is 0. The molecule has 0 aliphatic carbocycles. The van der Waals surface area contributed by atoms with E-state index in [1.165, 1.54) is 11.3 Å². The smallest absolute Gasteiger partial charge is 0.0971 e. The molecule has 0 atom stereocenters. The quantitative estimate of drug-likeness (QED) is 0.790. The fourth-order valence-corrected chi connectivity index (χ4v) is 2.86. The predicted octanol–water partition coefficient (Wildman–Crippen LogP) is 4.25. The average molecular weight is 261 g/mol. The molecular formula is C10H10Cl2N2S. The third-order valence-corrected chi connectivity index (χ3v) is 3.85. The zero-order valence-corrected chi connectivity index (χ0v) is 10.7. The van der Waals surface area contributed by atoms with Crippen molar-refractivity contribution in [3.63, 3.8) is 0 Å². The van der Waals surface area contributed by atoms with Crippen LogP contribution in [0.1, 0.15) is 12.6 Å². The van der Waals surface area contributed by atoms with Gasteiger partial charge in [0, 0.05) is 6.54 Å². The van der Waals surface area contributed by atoms with Gasteiger partial charge in [0.25, 0.3) is 0 Å². The van der Waals surface area contributed by atoms with Gasteiger partial charge in [-0.3, -0.25) is 4.68 Å². The zero-order valence-electron chi connectivity index (χ0n) is 8.42. The minimum Gasteiger partial charge on any atom is -0.262 e. The molecule has 5 heteroatoms. The van der Waals surface area contributed by atoms with E-state index in [-0.39, 0.29) is 0 Å². The molecule has 0 radical (unpaired) electrons. The predicted molar refractivity (Wildman–Crippen MR) is 66.0 cm³/mol. The molecule has 2 aromatic rings. The van der Waals surface area contributed by atoms with Crippen molar-refractivity contribution < 1.29 is 0 Å². The molecule has 0 unspecified atom stereocenters. The standard InChI is InChI=1S/C10H10Cl2N2S/c1-3-14-10(9(12)6(2)13-14)7-4-5-8(11)15-7/h4-5H,3H2,1-2H3. The molecule has 2 rings (SSSR count). The van der Waals surface area contributed by atoms with E-state index in [0.717, 1.165) is 32.2 Å². The number of aryl methyl sites for hydroxylation is 2. The van der Waals surface area contributed by atoms with Gasteiger partial charge >= 0.3 is 0 Å². The van der Waals surface area contributed by atoms with Crippen molar-refractivity contribution in [2.45, 2.75) is 20.4 Å². The first-order valence-electron chi connectivity index (χ1n) is 4.62. The normalized spacial score (nSPS) is 10.9. The Labute approximate surface area is 102 Å². The molecule has 2 heterocycles. The van der Waals surface area contributed by atoms with Gasteiger partial charge in [0.2, 0.25) is 0 Å². The van der Waals surface area contributed by atoms with Gasteiger partial charge in [-0.15, -0.1) is 11.3 Å². The minimum atomic E-state index is 0.718. The fraction of sp³-hybridized carbons (Fsp3) is 0.300. The molecule has 0 aliphatic heterocycles. The number of rotatable bonds is 2. The topological polar surface area (TPSA) is 17.8 Å². The van der Waals surface area contributed by atoms with Crippen LogP contribution in [-0.4, -0.2) is 9.78 Å². The van der Waals surface area contributed by atoms with Gasteiger partial charge in [0.1, 0.15) is 0 Å². The first-order valence-corrected chi connectivity index (χ1v) is 6.19. The van der Waals surface area contributed by atoms with E-state index < -0.39 is 0 Å². The summed E-state index contributed by atoms with van der Waals surface area (Å²) >= 11 is 13.6. The lowest BCUT2D eigenvalue weighted by molar-refractivity contribution is 0.661. The van der Waals surface area contributed by atoms with Crippen molar-refractivity contribution in [2.75, 3.05) is 0 Å². The Kier molecular flexibility index (Phi) is 3.05. The number of thiophene rings is 1. The van der Waals surface area contributed by atoms with Gasteiger partial charge < -0.3 is 0 Å². The van der Waals surface area contributed by atoms with Crippen LogP contribution in [0.4, 0.5) is 0 Å². The highest BCUT2D eigenvalue weighted by Gasteiger charge is 2.15. The maximum atomic E-state index is 6.22. The van der Waals surface area contributed by atoms with Crippen molar-refractivity contribution in [3.8, 4) is 10.6 Å². The molecule has 15 heavy (non-hydrogen) atoms. The van der Waals surface area contributed by atoms with E-state index in [0.29, 0.717) is 0 Å². The summed E-state index contributed by atoms with van der Waals surface area (Å²) in [7, 11) is 0. The third kappa shape index (κ3) is 1.92. The molecular weight excluding hydrogens is 251 g/mol. The largest absolute Gasteiger partial charge is 0.262 e. The molecule has 0 saturated heterocycles. The van der Waals surface area contributed by atoms with Gasteiger partial charge in [0.15, 0.2) is 0 Å². The molecule has 0 bridgehead atoms. The second-order valence-corrected chi connectivity index (χ2v) is 5.26. The maximum absolute atomic E-state index is 6.22. The van der Waals surface area contributed by atoms with Crippen molar-refractivity contribution in [1.82, 2.24) is 9.78 Å². The van der Waals surface area contributed by atoms with Gasteiger partial charge in [-0.1, -0.05) is 23.2 Å². The van der Waals surface area contributed by atoms with Crippen LogP contribution in [0.5, 0.6) is 0 Å². The van der Waals surface area contributed by atoms with E-state index in [4.69, 9.17) is 23.2 Å². The molecule has 0 N–H and O–H groups in total. The van der Waals surface area contributed by atoms with E-state index in [2.05, 4.69) is 5.10 Å². The van der Waals surface area contributed by atoms with Crippen LogP contribution in [-0.2, 0) is 6.54 Å². The number of nitrogens with zero attached hydrogens (tertiary/aromatic N) is 2. The first-order chi connectivity index (χ1) is 7.13. The van der Waals surface area contributed by atoms with Crippen LogP contribution >= 0.6 is 34.5 Å². The summed E-state index contributed by atoms with van der Waals surface area (Å²) in [6.45, 7) is 4.76. The number of aromatic nitrogens is 2. The summed E-state index contributed by atoms with van der Waals surface area (Å²) in [5.74, 6) is 0. The minimum absolute atomic E-state index is 0.718. The zero-order chi connectivity index (χ0) is 11.0. The van der Waals surface area contributed by atoms with Crippen molar-refractivity contribution in [2.24, 2.45) is 0 Å². The highest BCUT2D eigenvalue weighted by molar-refractivity contribution is 7.19. The van der Waals surface area contributed by atoms with E-state index in [9.17, 15) is 0 Å². The van der Waals surface area contributed by atoms with Crippen LogP contribution in [0.2, 0.25) is 9.36 Å². The Morgan fingerprint density at radius 3 is 2.67 bits per heavy atom. The van der Waals surface area contributed by atoms with E-state index >= 15 is 0 Å². The molecule has 0 fully saturated rings. The number of hydrogen-bond acceptors (Lipinski definition) is 2. The van der Waals surface area contributed by atoms with Crippen molar-refractivity contribution in [3.05, 3.63) is 27.2 Å². The Bertz CT molecular complexity index is 488. The average Bonchev–Trinajstić information content (AvgIpc) is 2.73. The highest BCUT2D eigenvalue weighted by Crippen LogP contribution is 2.36. The first kappa shape index (κ1) is 11.0. The van der Waals surface area contributed by atoms with Crippen molar-refractivity contribution in [1.29, 1.82) is 0 Å². The molecule has 0 aliphatic rings. The maximum Gasteiger partial charge on any atom is 0.0971 e. The van der Waals surface area contributed by atoms with Gasteiger partial charge in [-0.2, -0.15) is 5.10 Å². The highest BCUT2D eigenvalue weighted by atomic mass is 35.5. The molecule has 0 amide bonds. The second-order valence-electron chi connectivity index (χ2n) is 3.17. The summed E-state index contributed by atoms with van der Waals surface area (Å²) in [6.07, 6.45) is 0. The number of halogens is 2. The Balaban J connectivity index is 2.60. The van der Waals surface area contributed by atoms with Crippen LogP contribution in [0.3, 0.4) is 0 Å². The lowest BCUT2D eigenvalue weighted by Gasteiger charge is -2.01. The monoisotopic (exact) mass is 260 g/mol. The third-order valence-electron chi connectivity index (χ3n) is 2.16. The lowest BCUT2D eigenvalue weighted by atomic mass is 10.3. The molecule has 0 spiro atoms.